The second-order valence-electron chi connectivity index (χ2n) is 7.03. The van der Waals surface area contributed by atoms with Crippen LogP contribution in [0.15, 0.2) is 48.5 Å². The third kappa shape index (κ3) is 4.67. The second-order valence-corrected chi connectivity index (χ2v) is 10.1. The summed E-state index contributed by atoms with van der Waals surface area (Å²) in [6, 6.07) is 10.7. The number of sulfonamides is 1. The van der Waals surface area contributed by atoms with E-state index in [9.17, 15) is 22.0 Å². The van der Waals surface area contributed by atoms with Gasteiger partial charge in [-0.1, -0.05) is 34.8 Å². The van der Waals surface area contributed by atoms with Gasteiger partial charge in [-0.25, -0.2) is 26.6 Å². The van der Waals surface area contributed by atoms with E-state index in [2.05, 4.69) is 5.10 Å². The molecule has 6 nitrogen and oxygen atoms in total. The molecule has 1 heterocycles. The van der Waals surface area contributed by atoms with Crippen LogP contribution in [0.5, 0.6) is 0 Å². The van der Waals surface area contributed by atoms with Gasteiger partial charge in [-0.15, -0.1) is 0 Å². The molecule has 0 fully saturated rings. The molecule has 0 atom stereocenters. The Morgan fingerprint density at radius 1 is 0.970 bits per heavy atom. The Morgan fingerprint density at radius 3 is 2.30 bits per heavy atom. The Balaban J connectivity index is 1.92. The molecule has 12 heteroatoms. The summed E-state index contributed by atoms with van der Waals surface area (Å²) in [5.74, 6) is -2.84. The summed E-state index contributed by atoms with van der Waals surface area (Å²) in [7, 11) is -3.92. The lowest BCUT2D eigenvalue weighted by Gasteiger charge is -2.10. The monoisotopic (exact) mass is 529 g/mol. The molecule has 0 spiro atoms. The summed E-state index contributed by atoms with van der Waals surface area (Å²) in [4.78, 5) is 12.1. The molecule has 4 rings (SSSR count). The fraction of sp³-hybridized carbons (Fsp3) is 0.0476. The first-order valence-electron chi connectivity index (χ1n) is 9.10. The van der Waals surface area contributed by atoms with Crippen LogP contribution in [0.3, 0.4) is 0 Å². The van der Waals surface area contributed by atoms with Gasteiger partial charge in [0, 0.05) is 27.1 Å². The predicted octanol–water partition coefficient (Wildman–Crippen LogP) is 5.62. The molecule has 1 amide bonds. The highest BCUT2D eigenvalue weighted by Gasteiger charge is 2.22. The van der Waals surface area contributed by atoms with Crippen molar-refractivity contribution in [2.24, 2.45) is 0 Å². The van der Waals surface area contributed by atoms with Crippen molar-refractivity contribution in [2.45, 2.75) is 0 Å². The number of hydrogen-bond donors (Lipinski definition) is 1. The minimum atomic E-state index is -3.92. The summed E-state index contributed by atoms with van der Waals surface area (Å²) in [5.41, 5.74) is 0.234. The van der Waals surface area contributed by atoms with Gasteiger partial charge in [-0.05, 0) is 42.5 Å². The Hall–Kier alpha value is -2.72. The van der Waals surface area contributed by atoms with Crippen molar-refractivity contribution >= 4 is 61.6 Å². The number of amides is 1. The SMILES string of the molecule is CS(=O)(=O)NC(=O)c1cc(Cl)c(-n2nc(-c3ccc(Cl)cc3F)c3cc(Cl)ccc32)cc1F. The molecular weight excluding hydrogens is 519 g/mol. The molecule has 4 aromatic rings. The zero-order valence-electron chi connectivity index (χ0n) is 16.5. The highest BCUT2D eigenvalue weighted by atomic mass is 35.5. The van der Waals surface area contributed by atoms with Crippen LogP contribution in [0.1, 0.15) is 10.4 Å². The Morgan fingerprint density at radius 2 is 1.64 bits per heavy atom. The van der Waals surface area contributed by atoms with Crippen molar-refractivity contribution in [2.75, 3.05) is 6.26 Å². The summed E-state index contributed by atoms with van der Waals surface area (Å²) < 4.78 is 55.0. The number of carbonyl (C=O) groups is 1. The molecule has 1 aromatic heterocycles. The number of rotatable bonds is 4. The second kappa shape index (κ2) is 8.57. The molecular formula is C21H12Cl3F2N3O3S. The van der Waals surface area contributed by atoms with E-state index in [1.54, 1.807) is 22.9 Å². The molecule has 0 aliphatic heterocycles. The molecule has 1 N–H and O–H groups in total. The summed E-state index contributed by atoms with van der Waals surface area (Å²) in [6.45, 7) is 0. The average Bonchev–Trinajstić information content (AvgIpc) is 3.06. The van der Waals surface area contributed by atoms with Gasteiger partial charge in [0.25, 0.3) is 5.91 Å². The zero-order chi connectivity index (χ0) is 24.1. The van der Waals surface area contributed by atoms with Crippen molar-refractivity contribution in [1.82, 2.24) is 14.5 Å². The third-order valence-corrected chi connectivity index (χ3v) is 5.94. The van der Waals surface area contributed by atoms with Crippen LogP contribution in [0.4, 0.5) is 8.78 Å². The fourth-order valence-corrected chi connectivity index (χ4v) is 4.27. The molecule has 0 aliphatic carbocycles. The van der Waals surface area contributed by atoms with Crippen molar-refractivity contribution in [3.05, 3.63) is 80.8 Å². The van der Waals surface area contributed by atoms with Crippen LogP contribution in [0.25, 0.3) is 27.8 Å². The van der Waals surface area contributed by atoms with Crippen LogP contribution in [0, 0.1) is 11.6 Å². The zero-order valence-corrected chi connectivity index (χ0v) is 19.6. The maximum atomic E-state index is 14.8. The van der Waals surface area contributed by atoms with Gasteiger partial charge in [0.05, 0.1) is 28.0 Å². The van der Waals surface area contributed by atoms with Crippen LogP contribution < -0.4 is 4.72 Å². The topological polar surface area (TPSA) is 81.1 Å². The van der Waals surface area contributed by atoms with E-state index in [0.29, 0.717) is 15.9 Å². The van der Waals surface area contributed by atoms with Crippen molar-refractivity contribution in [1.29, 1.82) is 0 Å². The lowest BCUT2D eigenvalue weighted by molar-refractivity contribution is 0.0978. The molecule has 0 bridgehead atoms. The van der Waals surface area contributed by atoms with Crippen molar-refractivity contribution in [3.8, 4) is 16.9 Å². The van der Waals surface area contributed by atoms with E-state index in [0.717, 1.165) is 24.5 Å². The lowest BCUT2D eigenvalue weighted by atomic mass is 10.1. The van der Waals surface area contributed by atoms with Crippen LogP contribution >= 0.6 is 34.8 Å². The lowest BCUT2D eigenvalue weighted by Crippen LogP contribution is -2.30. The molecule has 0 unspecified atom stereocenters. The van der Waals surface area contributed by atoms with E-state index >= 15 is 0 Å². The van der Waals surface area contributed by atoms with Crippen LogP contribution in [0.2, 0.25) is 15.1 Å². The molecule has 170 valence electrons. The van der Waals surface area contributed by atoms with Gasteiger partial charge in [0.1, 0.15) is 17.3 Å². The average molecular weight is 531 g/mol. The van der Waals surface area contributed by atoms with E-state index in [1.807, 2.05) is 0 Å². The largest absolute Gasteiger partial charge is 0.268 e. The Bertz CT molecular complexity index is 1560. The summed E-state index contributed by atoms with van der Waals surface area (Å²) >= 11 is 18.3. The minimum absolute atomic E-state index is 0.0398. The highest BCUT2D eigenvalue weighted by Crippen LogP contribution is 2.35. The first kappa shape index (κ1) is 23.4. The van der Waals surface area contributed by atoms with Gasteiger partial charge in [0.2, 0.25) is 10.0 Å². The van der Waals surface area contributed by atoms with E-state index in [-0.39, 0.29) is 27.0 Å². The smallest absolute Gasteiger partial charge is 0.267 e. The van der Waals surface area contributed by atoms with E-state index in [1.165, 1.54) is 16.8 Å². The van der Waals surface area contributed by atoms with Gasteiger partial charge < -0.3 is 0 Å². The molecule has 0 saturated heterocycles. The molecule has 33 heavy (non-hydrogen) atoms. The van der Waals surface area contributed by atoms with Crippen molar-refractivity contribution in [3.63, 3.8) is 0 Å². The van der Waals surface area contributed by atoms with E-state index < -0.39 is 33.1 Å². The van der Waals surface area contributed by atoms with E-state index in [4.69, 9.17) is 34.8 Å². The summed E-state index contributed by atoms with van der Waals surface area (Å²) in [5, 5.41) is 5.35. The van der Waals surface area contributed by atoms with Gasteiger partial charge >= 0.3 is 0 Å². The fourth-order valence-electron chi connectivity index (χ4n) is 3.25. The third-order valence-electron chi connectivity index (χ3n) is 4.62. The molecule has 0 saturated carbocycles. The normalized spacial score (nSPS) is 11.7. The molecule has 0 aliphatic rings. The number of hydrogen-bond acceptors (Lipinski definition) is 4. The number of nitrogens with one attached hydrogen (secondary N) is 1. The van der Waals surface area contributed by atoms with Crippen molar-refractivity contribution < 1.29 is 22.0 Å². The number of carbonyl (C=O) groups excluding carboxylic acids is 1. The van der Waals surface area contributed by atoms with Crippen LogP contribution in [-0.2, 0) is 10.0 Å². The number of aromatic nitrogens is 2. The Kier molecular flexibility index (Phi) is 6.09. The standard InChI is InChI=1S/C21H12Cl3F2N3O3S/c1-33(31,32)28-21(30)13-8-15(24)19(9-17(13)26)29-18-5-3-10(22)6-14(18)20(27-29)12-4-2-11(23)7-16(12)25/h2-9H,1H3,(H,28,30). The number of nitrogens with zero attached hydrogens (tertiary/aromatic N) is 2. The minimum Gasteiger partial charge on any atom is -0.268 e. The molecule has 3 aromatic carbocycles. The van der Waals surface area contributed by atoms with Crippen LogP contribution in [-0.4, -0.2) is 30.4 Å². The summed E-state index contributed by atoms with van der Waals surface area (Å²) in [6.07, 6.45) is 0.761. The number of fused-ring (bicyclic) bond motifs is 1. The number of benzene rings is 3. The maximum Gasteiger partial charge on any atom is 0.267 e. The Labute approximate surface area is 201 Å². The quantitative estimate of drug-likeness (QED) is 0.371. The molecule has 0 radical (unpaired) electrons. The van der Waals surface area contributed by atoms with Gasteiger partial charge in [-0.2, -0.15) is 5.10 Å². The first-order valence-corrected chi connectivity index (χ1v) is 12.1. The highest BCUT2D eigenvalue weighted by molar-refractivity contribution is 7.89. The van der Waals surface area contributed by atoms with Gasteiger partial charge in [-0.3, -0.25) is 4.79 Å². The predicted molar refractivity (Wildman–Crippen MR) is 124 cm³/mol. The first-order chi connectivity index (χ1) is 15.4. The maximum absolute atomic E-state index is 14.8. The van der Waals surface area contributed by atoms with Gasteiger partial charge in [0.15, 0.2) is 0 Å². The number of halogens is 5.